The van der Waals surface area contributed by atoms with Gasteiger partial charge in [-0.3, -0.25) is 0 Å². The summed E-state index contributed by atoms with van der Waals surface area (Å²) in [6, 6.07) is 1.97. The maximum Gasteiger partial charge on any atom is 0.127 e. The van der Waals surface area contributed by atoms with E-state index in [4.69, 9.17) is 0 Å². The number of nitrogens with one attached hydrogen (secondary N) is 1. The molecule has 0 saturated carbocycles. The number of carbonyl (C=O) groups excluding carboxylic acids is 1. The van der Waals surface area contributed by atoms with E-state index in [1.807, 2.05) is 24.4 Å². The second kappa shape index (κ2) is 2.38. The van der Waals surface area contributed by atoms with Gasteiger partial charge in [0.15, 0.2) is 0 Å². The second-order valence-electron chi connectivity index (χ2n) is 2.73. The van der Waals surface area contributed by atoms with E-state index in [0.29, 0.717) is 0 Å². The van der Waals surface area contributed by atoms with Crippen LogP contribution in [0.15, 0.2) is 18.3 Å². The monoisotopic (exact) mass is 147 g/mol. The van der Waals surface area contributed by atoms with Crippen LogP contribution in [0.3, 0.4) is 0 Å². The van der Waals surface area contributed by atoms with Crippen molar-refractivity contribution >= 4 is 12.4 Å². The Morgan fingerprint density at radius 3 is 3.36 bits per heavy atom. The molecule has 0 spiro atoms. The summed E-state index contributed by atoms with van der Waals surface area (Å²) in [7, 11) is 0. The van der Waals surface area contributed by atoms with Gasteiger partial charge in [0, 0.05) is 17.8 Å². The molecule has 2 heteroatoms. The molecule has 1 N–H and O–H groups in total. The van der Waals surface area contributed by atoms with Gasteiger partial charge in [-0.2, -0.15) is 0 Å². The summed E-state index contributed by atoms with van der Waals surface area (Å²) in [4.78, 5) is 13.6. The number of H-pyrrole nitrogens is 1. The molecule has 1 heterocycles. The minimum absolute atomic E-state index is 0.0706. The number of aldehydes is 1. The van der Waals surface area contributed by atoms with Crippen LogP contribution in [-0.2, 0) is 4.79 Å². The Morgan fingerprint density at radius 2 is 2.55 bits per heavy atom. The fourth-order valence-corrected chi connectivity index (χ4v) is 1.45. The highest BCUT2D eigenvalue weighted by molar-refractivity contribution is 5.69. The van der Waals surface area contributed by atoms with Gasteiger partial charge in [0.2, 0.25) is 0 Å². The largest absolute Gasteiger partial charge is 0.361 e. The number of fused-ring (bicyclic) bond motifs is 1. The molecule has 0 aliphatic heterocycles. The average Bonchev–Trinajstić information content (AvgIpc) is 2.50. The quantitative estimate of drug-likeness (QED) is 0.603. The number of hydrogen-bond acceptors (Lipinski definition) is 1. The zero-order valence-electron chi connectivity index (χ0n) is 6.08. The highest BCUT2D eigenvalue weighted by Crippen LogP contribution is 2.26. The molecule has 0 radical (unpaired) electrons. The van der Waals surface area contributed by atoms with Gasteiger partial charge in [-0.05, 0) is 24.1 Å². The zero-order valence-corrected chi connectivity index (χ0v) is 6.08. The van der Waals surface area contributed by atoms with Crippen molar-refractivity contribution in [3.63, 3.8) is 0 Å². The third-order valence-corrected chi connectivity index (χ3v) is 2.05. The number of hydrogen-bond donors (Lipinski definition) is 1. The zero-order chi connectivity index (χ0) is 7.68. The first-order valence-corrected chi connectivity index (χ1v) is 3.71. The van der Waals surface area contributed by atoms with Crippen LogP contribution >= 0.6 is 0 Å². The van der Waals surface area contributed by atoms with E-state index in [-0.39, 0.29) is 5.92 Å². The number of allylic oxidation sites excluding steroid dienone is 1. The Bertz CT molecular complexity index is 298. The van der Waals surface area contributed by atoms with Crippen LogP contribution in [0.4, 0.5) is 0 Å². The summed E-state index contributed by atoms with van der Waals surface area (Å²) >= 11 is 0. The molecule has 2 nitrogen and oxygen atoms in total. The number of carbonyl (C=O) groups is 1. The Hall–Kier alpha value is -1.31. The Balaban J connectivity index is 2.48. The van der Waals surface area contributed by atoms with Gasteiger partial charge >= 0.3 is 0 Å². The number of aromatic nitrogens is 1. The van der Waals surface area contributed by atoms with E-state index >= 15 is 0 Å². The summed E-state index contributed by atoms with van der Waals surface area (Å²) in [6.45, 7) is 0. The molecule has 1 unspecified atom stereocenters. The van der Waals surface area contributed by atoms with Gasteiger partial charge in [0.05, 0.1) is 0 Å². The smallest absolute Gasteiger partial charge is 0.127 e. The molecule has 0 aromatic carbocycles. The first-order valence-electron chi connectivity index (χ1n) is 3.71. The fourth-order valence-electron chi connectivity index (χ4n) is 1.45. The average molecular weight is 147 g/mol. The summed E-state index contributed by atoms with van der Waals surface area (Å²) in [6.07, 6.45) is 7.77. The van der Waals surface area contributed by atoms with Crippen LogP contribution in [0, 0.1) is 0 Å². The van der Waals surface area contributed by atoms with Gasteiger partial charge in [0.1, 0.15) is 6.29 Å². The van der Waals surface area contributed by atoms with Gasteiger partial charge in [-0.25, -0.2) is 0 Å². The van der Waals surface area contributed by atoms with Crippen molar-refractivity contribution in [2.24, 2.45) is 0 Å². The third kappa shape index (κ3) is 0.909. The maximum atomic E-state index is 10.6. The second-order valence-corrected chi connectivity index (χ2v) is 2.73. The SMILES string of the molecule is O=CC1CC=Cc2[nH]ccc21. The molecule has 0 amide bonds. The lowest BCUT2D eigenvalue weighted by Crippen LogP contribution is -2.02. The van der Waals surface area contributed by atoms with Crippen LogP contribution in [0.5, 0.6) is 0 Å². The van der Waals surface area contributed by atoms with Gasteiger partial charge in [-0.15, -0.1) is 0 Å². The minimum Gasteiger partial charge on any atom is -0.361 e. The summed E-state index contributed by atoms with van der Waals surface area (Å²) < 4.78 is 0. The third-order valence-electron chi connectivity index (χ3n) is 2.05. The summed E-state index contributed by atoms with van der Waals surface area (Å²) in [5.74, 6) is 0.0706. The summed E-state index contributed by atoms with van der Waals surface area (Å²) in [5.41, 5.74) is 2.20. The van der Waals surface area contributed by atoms with Crippen LogP contribution in [-0.4, -0.2) is 11.3 Å². The van der Waals surface area contributed by atoms with Crippen molar-refractivity contribution in [2.75, 3.05) is 0 Å². The molecular formula is C9H9NO. The first kappa shape index (κ1) is 6.40. The fraction of sp³-hybridized carbons (Fsp3) is 0.222. The molecule has 2 rings (SSSR count). The van der Waals surface area contributed by atoms with Gasteiger partial charge in [0.25, 0.3) is 0 Å². The van der Waals surface area contributed by atoms with Crippen molar-refractivity contribution in [3.8, 4) is 0 Å². The normalized spacial score (nSPS) is 21.3. The molecular weight excluding hydrogens is 138 g/mol. The molecule has 1 atom stereocenters. The van der Waals surface area contributed by atoms with E-state index in [1.165, 1.54) is 0 Å². The van der Waals surface area contributed by atoms with Crippen molar-refractivity contribution < 1.29 is 4.79 Å². The van der Waals surface area contributed by atoms with Crippen molar-refractivity contribution in [1.29, 1.82) is 0 Å². The molecule has 0 bridgehead atoms. The van der Waals surface area contributed by atoms with Gasteiger partial charge in [-0.1, -0.05) is 6.08 Å². The topological polar surface area (TPSA) is 32.9 Å². The van der Waals surface area contributed by atoms with E-state index < -0.39 is 0 Å². The highest BCUT2D eigenvalue weighted by Gasteiger charge is 2.15. The standard InChI is InChI=1S/C9H9NO/c11-6-7-2-1-3-9-8(7)4-5-10-9/h1,3-7,10H,2H2. The molecule has 56 valence electrons. The van der Waals surface area contributed by atoms with E-state index in [9.17, 15) is 4.79 Å². The van der Waals surface area contributed by atoms with Crippen LogP contribution in [0.25, 0.3) is 6.08 Å². The Morgan fingerprint density at radius 1 is 1.64 bits per heavy atom. The predicted molar refractivity (Wildman–Crippen MR) is 43.2 cm³/mol. The molecule has 1 aromatic rings. The van der Waals surface area contributed by atoms with E-state index in [0.717, 1.165) is 24.0 Å². The molecule has 1 aliphatic carbocycles. The highest BCUT2D eigenvalue weighted by atomic mass is 16.1. The summed E-state index contributed by atoms with van der Waals surface area (Å²) in [5, 5.41) is 0. The van der Waals surface area contributed by atoms with Crippen molar-refractivity contribution in [1.82, 2.24) is 4.98 Å². The lowest BCUT2D eigenvalue weighted by Gasteiger charge is -2.11. The Labute approximate surface area is 64.9 Å². The van der Waals surface area contributed by atoms with Crippen LogP contribution in [0.1, 0.15) is 23.6 Å². The van der Waals surface area contributed by atoms with Crippen molar-refractivity contribution in [3.05, 3.63) is 29.6 Å². The minimum atomic E-state index is 0.0706. The lowest BCUT2D eigenvalue weighted by atomic mass is 9.93. The van der Waals surface area contributed by atoms with Crippen molar-refractivity contribution in [2.45, 2.75) is 12.3 Å². The predicted octanol–water partition coefficient (Wildman–Crippen LogP) is 1.71. The lowest BCUT2D eigenvalue weighted by molar-refractivity contribution is -0.109. The molecule has 1 aliphatic rings. The van der Waals surface area contributed by atoms with Gasteiger partial charge < -0.3 is 9.78 Å². The van der Waals surface area contributed by atoms with E-state index in [2.05, 4.69) is 4.98 Å². The molecule has 0 fully saturated rings. The number of aromatic amines is 1. The van der Waals surface area contributed by atoms with Crippen LogP contribution < -0.4 is 0 Å². The molecule has 11 heavy (non-hydrogen) atoms. The number of rotatable bonds is 1. The first-order chi connectivity index (χ1) is 5.42. The molecule has 1 aromatic heterocycles. The Kier molecular flexibility index (Phi) is 1.39. The van der Waals surface area contributed by atoms with Crippen LogP contribution in [0.2, 0.25) is 0 Å². The molecule has 0 saturated heterocycles. The van der Waals surface area contributed by atoms with E-state index in [1.54, 1.807) is 0 Å². The maximum absolute atomic E-state index is 10.6.